The van der Waals surface area contributed by atoms with Crippen LogP contribution in [0.5, 0.6) is 11.5 Å². The zero-order valence-corrected chi connectivity index (χ0v) is 12.6. The molecule has 1 N–H and O–H groups in total. The van der Waals surface area contributed by atoms with Gasteiger partial charge in [0.2, 0.25) is 0 Å². The van der Waals surface area contributed by atoms with Crippen molar-refractivity contribution in [3.8, 4) is 11.5 Å². The second-order valence-corrected chi connectivity index (χ2v) is 6.25. The molecule has 1 saturated carbocycles. The summed E-state index contributed by atoms with van der Waals surface area (Å²) in [6, 6.07) is 6.27. The van der Waals surface area contributed by atoms with Gasteiger partial charge in [0.15, 0.2) is 0 Å². The summed E-state index contributed by atoms with van der Waals surface area (Å²) in [6.45, 7) is 5.42. The lowest BCUT2D eigenvalue weighted by molar-refractivity contribution is -0.0923. The monoisotopic (exact) mass is 277 g/mol. The van der Waals surface area contributed by atoms with E-state index in [9.17, 15) is 0 Å². The molecule has 1 saturated heterocycles. The first-order valence-corrected chi connectivity index (χ1v) is 7.18. The fraction of sp³-hybridized carbons (Fsp3) is 0.625. The maximum Gasteiger partial charge on any atom is 0.142 e. The molecular weight excluding hydrogens is 254 g/mol. The van der Waals surface area contributed by atoms with Gasteiger partial charge >= 0.3 is 0 Å². The third-order valence-electron chi connectivity index (χ3n) is 4.82. The van der Waals surface area contributed by atoms with E-state index in [4.69, 9.17) is 14.2 Å². The van der Waals surface area contributed by atoms with Crippen molar-refractivity contribution in [2.75, 3.05) is 26.1 Å². The van der Waals surface area contributed by atoms with Gasteiger partial charge in [-0.1, -0.05) is 13.8 Å². The van der Waals surface area contributed by atoms with Crippen LogP contribution in [0.1, 0.15) is 20.3 Å². The van der Waals surface area contributed by atoms with Crippen molar-refractivity contribution in [2.24, 2.45) is 11.3 Å². The van der Waals surface area contributed by atoms with Gasteiger partial charge in [-0.25, -0.2) is 0 Å². The minimum absolute atomic E-state index is 0.148. The van der Waals surface area contributed by atoms with Gasteiger partial charge in [-0.3, -0.25) is 0 Å². The Hall–Kier alpha value is -1.42. The summed E-state index contributed by atoms with van der Waals surface area (Å²) >= 11 is 0. The highest BCUT2D eigenvalue weighted by atomic mass is 16.5. The zero-order chi connectivity index (χ0) is 14.3. The van der Waals surface area contributed by atoms with Gasteiger partial charge in [0, 0.05) is 30.0 Å². The fourth-order valence-corrected chi connectivity index (χ4v) is 3.71. The van der Waals surface area contributed by atoms with Crippen molar-refractivity contribution < 1.29 is 14.2 Å². The van der Waals surface area contributed by atoms with Crippen molar-refractivity contribution in [2.45, 2.75) is 32.4 Å². The predicted molar refractivity (Wildman–Crippen MR) is 78.6 cm³/mol. The van der Waals surface area contributed by atoms with Crippen LogP contribution in [-0.4, -0.2) is 33.0 Å². The smallest absolute Gasteiger partial charge is 0.142 e. The molecule has 0 aromatic heterocycles. The van der Waals surface area contributed by atoms with E-state index in [1.807, 2.05) is 18.2 Å². The molecule has 20 heavy (non-hydrogen) atoms. The number of anilines is 1. The summed E-state index contributed by atoms with van der Waals surface area (Å²) in [6.07, 6.45) is 1.52. The van der Waals surface area contributed by atoms with Crippen molar-refractivity contribution in [1.29, 1.82) is 0 Å². The van der Waals surface area contributed by atoms with Gasteiger partial charge in [-0.05, 0) is 18.6 Å². The lowest BCUT2D eigenvalue weighted by Gasteiger charge is -2.55. The number of hydrogen-bond acceptors (Lipinski definition) is 4. The number of benzene rings is 1. The van der Waals surface area contributed by atoms with E-state index in [1.165, 1.54) is 0 Å². The number of nitrogens with one attached hydrogen (secondary N) is 1. The van der Waals surface area contributed by atoms with E-state index in [1.54, 1.807) is 14.2 Å². The molecule has 4 nitrogen and oxygen atoms in total. The Morgan fingerprint density at radius 1 is 1.25 bits per heavy atom. The minimum Gasteiger partial charge on any atom is -0.497 e. The highest BCUT2D eigenvalue weighted by Gasteiger charge is 2.59. The van der Waals surface area contributed by atoms with Crippen molar-refractivity contribution in [1.82, 2.24) is 0 Å². The molecule has 1 aromatic carbocycles. The number of rotatable bonds is 4. The van der Waals surface area contributed by atoms with Crippen LogP contribution in [0, 0.1) is 11.3 Å². The summed E-state index contributed by atoms with van der Waals surface area (Å²) in [5, 5.41) is 3.65. The lowest BCUT2D eigenvalue weighted by atomic mass is 9.57. The van der Waals surface area contributed by atoms with Crippen molar-refractivity contribution >= 4 is 5.69 Å². The standard InChI is InChI=1S/C16H23NO3/c1-16(2)14(11-7-8-20-15(11)16)17-12-9-10(18-3)5-6-13(12)19-4/h5-6,9,11,14-15,17H,7-8H2,1-4H3. The SMILES string of the molecule is COc1ccc(OC)c(NC2C3CCOC3C2(C)C)c1. The molecule has 1 aliphatic heterocycles. The van der Waals surface area contributed by atoms with E-state index in [0.29, 0.717) is 18.1 Å². The molecule has 1 aliphatic carbocycles. The number of methoxy groups -OCH3 is 2. The van der Waals surface area contributed by atoms with Crippen LogP contribution in [0.2, 0.25) is 0 Å². The minimum atomic E-state index is 0.148. The van der Waals surface area contributed by atoms with Crippen LogP contribution in [0.15, 0.2) is 18.2 Å². The predicted octanol–water partition coefficient (Wildman–Crippen LogP) is 2.93. The molecule has 0 radical (unpaired) electrons. The van der Waals surface area contributed by atoms with Crippen molar-refractivity contribution in [3.05, 3.63) is 18.2 Å². The molecule has 3 rings (SSSR count). The van der Waals surface area contributed by atoms with Crippen LogP contribution < -0.4 is 14.8 Å². The second-order valence-electron chi connectivity index (χ2n) is 6.25. The maximum atomic E-state index is 5.84. The Labute approximate surface area is 120 Å². The largest absolute Gasteiger partial charge is 0.497 e. The first-order chi connectivity index (χ1) is 9.57. The summed E-state index contributed by atoms with van der Waals surface area (Å²) in [5.41, 5.74) is 1.14. The Balaban J connectivity index is 1.84. The molecule has 0 spiro atoms. The Bertz CT molecular complexity index is 500. The molecule has 2 aliphatic rings. The van der Waals surface area contributed by atoms with E-state index < -0.39 is 0 Å². The molecule has 2 fully saturated rings. The van der Waals surface area contributed by atoms with Crippen LogP contribution >= 0.6 is 0 Å². The Kier molecular flexibility index (Phi) is 3.28. The first kappa shape index (κ1) is 13.6. The highest BCUT2D eigenvalue weighted by molar-refractivity contribution is 5.61. The van der Waals surface area contributed by atoms with Gasteiger partial charge in [-0.15, -0.1) is 0 Å². The number of fused-ring (bicyclic) bond motifs is 1. The number of hydrogen-bond donors (Lipinski definition) is 1. The highest BCUT2D eigenvalue weighted by Crippen LogP contribution is 2.53. The van der Waals surface area contributed by atoms with Gasteiger partial charge in [-0.2, -0.15) is 0 Å². The summed E-state index contributed by atoms with van der Waals surface area (Å²) in [5.74, 6) is 2.29. The molecule has 1 heterocycles. The molecule has 3 atom stereocenters. The normalized spacial score (nSPS) is 30.3. The fourth-order valence-electron chi connectivity index (χ4n) is 3.71. The Morgan fingerprint density at radius 2 is 2.05 bits per heavy atom. The van der Waals surface area contributed by atoms with E-state index >= 15 is 0 Å². The molecular formula is C16H23NO3. The molecule has 1 aromatic rings. The summed E-state index contributed by atoms with van der Waals surface area (Å²) in [4.78, 5) is 0. The maximum absolute atomic E-state index is 5.84. The van der Waals surface area contributed by atoms with Gasteiger partial charge in [0.1, 0.15) is 11.5 Å². The quantitative estimate of drug-likeness (QED) is 0.918. The van der Waals surface area contributed by atoms with E-state index in [0.717, 1.165) is 30.2 Å². The number of ether oxygens (including phenoxy) is 3. The van der Waals surface area contributed by atoms with E-state index in [2.05, 4.69) is 19.2 Å². The molecule has 0 amide bonds. The molecule has 110 valence electrons. The summed E-state index contributed by atoms with van der Waals surface area (Å²) in [7, 11) is 3.38. The summed E-state index contributed by atoms with van der Waals surface area (Å²) < 4.78 is 16.6. The topological polar surface area (TPSA) is 39.7 Å². The molecule has 0 bridgehead atoms. The van der Waals surface area contributed by atoms with Gasteiger partial charge in [0.05, 0.1) is 26.0 Å². The third kappa shape index (κ3) is 1.94. The van der Waals surface area contributed by atoms with Gasteiger partial charge < -0.3 is 19.5 Å². The van der Waals surface area contributed by atoms with E-state index in [-0.39, 0.29) is 5.41 Å². The average molecular weight is 277 g/mol. The molecule has 4 heteroatoms. The lowest BCUT2D eigenvalue weighted by Crippen LogP contribution is -2.63. The third-order valence-corrected chi connectivity index (χ3v) is 4.82. The van der Waals surface area contributed by atoms with Crippen LogP contribution in [-0.2, 0) is 4.74 Å². The Morgan fingerprint density at radius 3 is 2.75 bits per heavy atom. The van der Waals surface area contributed by atoms with Crippen LogP contribution in [0.4, 0.5) is 5.69 Å². The van der Waals surface area contributed by atoms with Gasteiger partial charge in [0.25, 0.3) is 0 Å². The van der Waals surface area contributed by atoms with Crippen LogP contribution in [0.3, 0.4) is 0 Å². The van der Waals surface area contributed by atoms with Crippen molar-refractivity contribution in [3.63, 3.8) is 0 Å². The molecule has 3 unspecified atom stereocenters. The second kappa shape index (κ2) is 4.85. The first-order valence-electron chi connectivity index (χ1n) is 7.18. The van der Waals surface area contributed by atoms with Crippen LogP contribution in [0.25, 0.3) is 0 Å². The zero-order valence-electron chi connectivity index (χ0n) is 12.6. The average Bonchev–Trinajstić information content (AvgIpc) is 2.91.